The topological polar surface area (TPSA) is 110 Å². The molecule has 182 valence electrons. The van der Waals surface area contributed by atoms with E-state index in [1.807, 2.05) is 0 Å². The van der Waals surface area contributed by atoms with Crippen molar-refractivity contribution in [2.75, 3.05) is 21.0 Å². The zero-order valence-corrected chi connectivity index (χ0v) is 19.3. The van der Waals surface area contributed by atoms with Crippen LogP contribution in [-0.4, -0.2) is 37.9 Å². The van der Waals surface area contributed by atoms with Crippen molar-refractivity contribution >= 4 is 17.8 Å². The number of fused-ring (bicyclic) bond motifs is 4. The van der Waals surface area contributed by atoms with Gasteiger partial charge in [-0.2, -0.15) is 0 Å². The average molecular weight is 488 g/mol. The van der Waals surface area contributed by atoms with Gasteiger partial charge in [-0.1, -0.05) is 6.07 Å². The Hall–Kier alpha value is -4.66. The van der Waals surface area contributed by atoms with Crippen LogP contribution in [0.5, 0.6) is 40.2 Å². The van der Waals surface area contributed by atoms with Crippen molar-refractivity contribution in [2.24, 2.45) is 0 Å². The monoisotopic (exact) mass is 488 g/mol. The molecule has 0 saturated carbocycles. The summed E-state index contributed by atoms with van der Waals surface area (Å²) in [6.07, 6.45) is 1.58. The van der Waals surface area contributed by atoms with E-state index in [-0.39, 0.29) is 30.5 Å². The van der Waals surface area contributed by atoms with E-state index in [1.165, 1.54) is 20.3 Å². The van der Waals surface area contributed by atoms with Crippen LogP contribution in [0, 0.1) is 0 Å². The smallest absolute Gasteiger partial charge is 0.312 e. The average Bonchev–Trinajstić information content (AvgIpc) is 3.47. The zero-order valence-electron chi connectivity index (χ0n) is 19.3. The number of carbonyl (C=O) groups is 2. The van der Waals surface area contributed by atoms with Crippen LogP contribution in [-0.2, 0) is 4.79 Å². The Kier molecular flexibility index (Phi) is 4.99. The molecule has 0 amide bonds. The molecule has 3 heterocycles. The molecule has 1 atom stereocenters. The molecule has 6 rings (SSSR count). The number of hydrogen-bond acceptors (Lipinski definition) is 9. The van der Waals surface area contributed by atoms with Gasteiger partial charge >= 0.3 is 5.97 Å². The summed E-state index contributed by atoms with van der Waals surface area (Å²) in [5, 5.41) is 10.1. The fraction of sp³-hybridized carbons (Fsp3) is 0.185. The highest BCUT2D eigenvalue weighted by atomic mass is 16.7. The number of Topliss-reactive ketones (excluding diaryl/α,β-unsaturated/α-hetero) is 1. The van der Waals surface area contributed by atoms with Gasteiger partial charge in [0.15, 0.2) is 28.8 Å². The first kappa shape index (κ1) is 21.8. The number of ether oxygens (including phenoxy) is 6. The Morgan fingerprint density at radius 3 is 2.53 bits per heavy atom. The molecule has 3 aliphatic rings. The molecule has 9 nitrogen and oxygen atoms in total. The third-order valence-corrected chi connectivity index (χ3v) is 6.36. The van der Waals surface area contributed by atoms with E-state index < -0.39 is 11.9 Å². The van der Waals surface area contributed by atoms with Gasteiger partial charge in [0.05, 0.1) is 26.2 Å². The summed E-state index contributed by atoms with van der Waals surface area (Å²) in [6.45, 7) is 0.0700. The number of carbonyl (C=O) groups excluding carboxylic acids is 2. The largest absolute Gasteiger partial charge is 0.504 e. The zero-order chi connectivity index (χ0) is 25.0. The summed E-state index contributed by atoms with van der Waals surface area (Å²) in [6, 6.07) is 11.5. The summed E-state index contributed by atoms with van der Waals surface area (Å²) in [5.74, 6) is 1.28. The normalized spacial score (nSPS) is 18.4. The van der Waals surface area contributed by atoms with Crippen LogP contribution in [0.3, 0.4) is 0 Å². The molecule has 1 N–H and O–H groups in total. The SMILES string of the molecule is COc1ccc(/C=C2\Oc3c(ccc4c3C(c3cc(OC)c5c(c3)OCO5)CC(=O)O4)C2=O)cc1O. The predicted molar refractivity (Wildman–Crippen MR) is 125 cm³/mol. The van der Waals surface area contributed by atoms with Gasteiger partial charge in [-0.25, -0.2) is 0 Å². The Morgan fingerprint density at radius 2 is 1.75 bits per heavy atom. The molecule has 0 saturated heterocycles. The molecule has 3 aromatic carbocycles. The number of esters is 1. The molecular formula is C27H20O9. The number of methoxy groups -OCH3 is 2. The molecule has 0 fully saturated rings. The molecule has 0 radical (unpaired) electrons. The van der Waals surface area contributed by atoms with Crippen LogP contribution < -0.4 is 28.4 Å². The van der Waals surface area contributed by atoms with Crippen LogP contribution in [0.4, 0.5) is 0 Å². The van der Waals surface area contributed by atoms with Gasteiger partial charge in [0.1, 0.15) is 11.5 Å². The Labute approximate surface area is 205 Å². The third-order valence-electron chi connectivity index (χ3n) is 6.36. The van der Waals surface area contributed by atoms with Crippen molar-refractivity contribution in [3.05, 3.63) is 70.5 Å². The number of aromatic hydroxyl groups is 1. The first-order chi connectivity index (χ1) is 17.5. The van der Waals surface area contributed by atoms with Crippen LogP contribution in [0.1, 0.15) is 39.4 Å². The first-order valence-electron chi connectivity index (χ1n) is 11.1. The van der Waals surface area contributed by atoms with Crippen molar-refractivity contribution in [3.63, 3.8) is 0 Å². The van der Waals surface area contributed by atoms with E-state index in [1.54, 1.807) is 42.5 Å². The Morgan fingerprint density at radius 1 is 0.917 bits per heavy atom. The van der Waals surface area contributed by atoms with Crippen LogP contribution >= 0.6 is 0 Å². The van der Waals surface area contributed by atoms with Crippen molar-refractivity contribution in [1.29, 1.82) is 0 Å². The minimum Gasteiger partial charge on any atom is -0.504 e. The highest BCUT2D eigenvalue weighted by Gasteiger charge is 2.39. The van der Waals surface area contributed by atoms with E-state index in [9.17, 15) is 14.7 Å². The number of benzene rings is 3. The lowest BCUT2D eigenvalue weighted by molar-refractivity contribution is -0.135. The van der Waals surface area contributed by atoms with Gasteiger partial charge < -0.3 is 33.5 Å². The van der Waals surface area contributed by atoms with E-state index in [0.717, 1.165) is 5.56 Å². The molecule has 0 spiro atoms. The first-order valence-corrected chi connectivity index (χ1v) is 11.1. The number of ketones is 1. The van der Waals surface area contributed by atoms with E-state index in [4.69, 9.17) is 28.4 Å². The van der Waals surface area contributed by atoms with Crippen molar-refractivity contribution in [2.45, 2.75) is 12.3 Å². The predicted octanol–water partition coefficient (Wildman–Crippen LogP) is 4.20. The van der Waals surface area contributed by atoms with Crippen molar-refractivity contribution < 1.29 is 43.1 Å². The van der Waals surface area contributed by atoms with Crippen molar-refractivity contribution in [1.82, 2.24) is 0 Å². The number of phenolic OH excluding ortho intramolecular Hbond substituents is 1. The lowest BCUT2D eigenvalue weighted by atomic mass is 9.84. The van der Waals surface area contributed by atoms with Gasteiger partial charge in [0.25, 0.3) is 0 Å². The number of allylic oxidation sites excluding steroid dienone is 1. The second-order valence-electron chi connectivity index (χ2n) is 8.41. The molecule has 36 heavy (non-hydrogen) atoms. The summed E-state index contributed by atoms with van der Waals surface area (Å²) >= 11 is 0. The molecule has 0 aliphatic carbocycles. The summed E-state index contributed by atoms with van der Waals surface area (Å²) < 4.78 is 33.2. The standard InChI is InChI=1S/C27H20O9/c1-31-18-5-3-13(7-17(18)28)8-20-25(30)15-4-6-19-24(26(15)36-20)16(11-23(29)35-19)14-9-21(32-2)27-22(10-14)33-12-34-27/h3-10,16,28H,11-12H2,1-2H3/b20-8-. The number of rotatable bonds is 4. The quantitative estimate of drug-likeness (QED) is 0.328. The van der Waals surface area contributed by atoms with Crippen LogP contribution in [0.2, 0.25) is 0 Å². The second-order valence-corrected chi connectivity index (χ2v) is 8.41. The van der Waals surface area contributed by atoms with E-state index >= 15 is 0 Å². The molecule has 3 aliphatic heterocycles. The van der Waals surface area contributed by atoms with Gasteiger partial charge in [0.2, 0.25) is 18.3 Å². The highest BCUT2D eigenvalue weighted by Crippen LogP contribution is 2.51. The molecule has 0 aromatic heterocycles. The number of hydrogen-bond donors (Lipinski definition) is 1. The summed E-state index contributed by atoms with van der Waals surface area (Å²) in [7, 11) is 2.98. The van der Waals surface area contributed by atoms with Crippen molar-refractivity contribution in [3.8, 4) is 40.2 Å². The van der Waals surface area contributed by atoms with Gasteiger partial charge in [-0.15, -0.1) is 0 Å². The lowest BCUT2D eigenvalue weighted by Crippen LogP contribution is -2.21. The fourth-order valence-corrected chi connectivity index (χ4v) is 4.69. The molecular weight excluding hydrogens is 468 g/mol. The summed E-state index contributed by atoms with van der Waals surface area (Å²) in [5.41, 5.74) is 2.23. The highest BCUT2D eigenvalue weighted by molar-refractivity contribution is 6.15. The second kappa shape index (κ2) is 8.23. The molecule has 0 bridgehead atoms. The molecule has 9 heteroatoms. The minimum absolute atomic E-state index is 0.0369. The van der Waals surface area contributed by atoms with Crippen LogP contribution in [0.25, 0.3) is 6.08 Å². The maximum Gasteiger partial charge on any atom is 0.312 e. The lowest BCUT2D eigenvalue weighted by Gasteiger charge is -2.26. The van der Waals surface area contributed by atoms with E-state index in [2.05, 4.69) is 0 Å². The van der Waals surface area contributed by atoms with Crippen LogP contribution in [0.15, 0.2) is 48.2 Å². The molecule has 3 aromatic rings. The van der Waals surface area contributed by atoms with Gasteiger partial charge in [-0.3, -0.25) is 9.59 Å². The maximum absolute atomic E-state index is 13.2. The Bertz CT molecular complexity index is 1470. The summed E-state index contributed by atoms with van der Waals surface area (Å²) in [4.78, 5) is 25.7. The number of phenols is 1. The van der Waals surface area contributed by atoms with E-state index in [0.29, 0.717) is 51.2 Å². The Balaban J connectivity index is 1.44. The maximum atomic E-state index is 13.2. The third kappa shape index (κ3) is 3.39. The molecule has 1 unspecified atom stereocenters. The van der Waals surface area contributed by atoms with Gasteiger partial charge in [-0.05, 0) is 53.6 Å². The van der Waals surface area contributed by atoms with Gasteiger partial charge in [0, 0.05) is 11.5 Å². The fourth-order valence-electron chi connectivity index (χ4n) is 4.69. The minimum atomic E-state index is -0.475.